The summed E-state index contributed by atoms with van der Waals surface area (Å²) in [5.41, 5.74) is 3.46. The molecule has 0 bridgehead atoms. The third-order valence-corrected chi connectivity index (χ3v) is 3.61. The van der Waals surface area contributed by atoms with E-state index in [0.29, 0.717) is 6.61 Å². The number of methoxy groups -OCH3 is 1. The molecule has 0 saturated heterocycles. The molecule has 0 aromatic heterocycles. The first-order chi connectivity index (χ1) is 10.2. The van der Waals surface area contributed by atoms with Crippen LogP contribution in [-0.4, -0.2) is 20.8 Å². The van der Waals surface area contributed by atoms with Gasteiger partial charge in [0.05, 0.1) is 13.2 Å². The minimum Gasteiger partial charge on any atom is -0.496 e. The van der Waals surface area contributed by atoms with E-state index in [-0.39, 0.29) is 6.04 Å². The molecule has 0 fully saturated rings. The number of hydrogen-bond donors (Lipinski definition) is 1. The number of hydrogen-bond acceptors (Lipinski definition) is 3. The first kappa shape index (κ1) is 15.4. The van der Waals surface area contributed by atoms with Gasteiger partial charge in [-0.25, -0.2) is 0 Å². The molecule has 0 aliphatic rings. The highest BCUT2D eigenvalue weighted by Crippen LogP contribution is 2.26. The largest absolute Gasteiger partial charge is 0.496 e. The molecule has 112 valence electrons. The van der Waals surface area contributed by atoms with Gasteiger partial charge in [0.2, 0.25) is 0 Å². The maximum atomic E-state index is 6.01. The van der Waals surface area contributed by atoms with Crippen LogP contribution in [0.2, 0.25) is 0 Å². The van der Waals surface area contributed by atoms with Crippen molar-refractivity contribution in [1.82, 2.24) is 5.32 Å². The Bertz CT molecular complexity index is 596. The van der Waals surface area contributed by atoms with E-state index in [1.165, 1.54) is 5.56 Å². The molecule has 0 spiro atoms. The second-order valence-corrected chi connectivity index (χ2v) is 5.16. The number of likely N-dealkylation sites (N-methyl/N-ethyl adjacent to an activating group) is 1. The van der Waals surface area contributed by atoms with Crippen molar-refractivity contribution in [3.63, 3.8) is 0 Å². The average molecular weight is 285 g/mol. The van der Waals surface area contributed by atoms with Crippen molar-refractivity contribution < 1.29 is 9.47 Å². The van der Waals surface area contributed by atoms with Crippen LogP contribution < -0.4 is 14.8 Å². The molecule has 21 heavy (non-hydrogen) atoms. The lowest BCUT2D eigenvalue weighted by molar-refractivity contribution is 0.267. The van der Waals surface area contributed by atoms with Crippen LogP contribution in [0.4, 0.5) is 0 Å². The third-order valence-electron chi connectivity index (χ3n) is 3.61. The lowest BCUT2D eigenvalue weighted by Crippen LogP contribution is -2.24. The molecule has 0 aliphatic carbocycles. The highest BCUT2D eigenvalue weighted by Gasteiger charge is 2.15. The fraction of sp³-hybridized carbons (Fsp3) is 0.333. The third kappa shape index (κ3) is 3.76. The van der Waals surface area contributed by atoms with E-state index in [0.717, 1.165) is 22.6 Å². The first-order valence-electron chi connectivity index (χ1n) is 7.16. The molecule has 1 N–H and O–H groups in total. The second kappa shape index (κ2) is 7.14. The van der Waals surface area contributed by atoms with E-state index >= 15 is 0 Å². The van der Waals surface area contributed by atoms with Gasteiger partial charge in [-0.05, 0) is 44.2 Å². The molecule has 2 aromatic rings. The second-order valence-electron chi connectivity index (χ2n) is 5.16. The molecule has 2 rings (SSSR count). The molecule has 3 heteroatoms. The summed E-state index contributed by atoms with van der Waals surface area (Å²) in [6.07, 6.45) is 0. The molecule has 0 radical (unpaired) electrons. The summed E-state index contributed by atoms with van der Waals surface area (Å²) in [6, 6.07) is 14.4. The van der Waals surface area contributed by atoms with Crippen LogP contribution in [0.3, 0.4) is 0 Å². The standard InChI is InChI=1S/C18H23NO2/c1-13-9-10-14(2)18(11-13)21-12-16(19-3)15-7-5-6-8-17(15)20-4/h5-11,16,19H,12H2,1-4H3. The van der Waals surface area contributed by atoms with Crippen LogP contribution in [-0.2, 0) is 0 Å². The van der Waals surface area contributed by atoms with Gasteiger partial charge in [-0.2, -0.15) is 0 Å². The monoisotopic (exact) mass is 285 g/mol. The molecule has 3 nitrogen and oxygen atoms in total. The predicted octanol–water partition coefficient (Wildman–Crippen LogP) is 3.65. The van der Waals surface area contributed by atoms with Crippen LogP contribution in [0.1, 0.15) is 22.7 Å². The summed E-state index contributed by atoms with van der Waals surface area (Å²) in [6.45, 7) is 4.69. The Kier molecular flexibility index (Phi) is 5.23. The number of ether oxygens (including phenoxy) is 2. The van der Waals surface area contributed by atoms with E-state index in [1.54, 1.807) is 7.11 Å². The number of aryl methyl sites for hydroxylation is 2. The molecule has 0 heterocycles. The number of para-hydroxylation sites is 1. The maximum Gasteiger partial charge on any atom is 0.123 e. The Labute approximate surface area is 126 Å². The molecular weight excluding hydrogens is 262 g/mol. The average Bonchev–Trinajstić information content (AvgIpc) is 2.51. The SMILES string of the molecule is CNC(COc1cc(C)ccc1C)c1ccccc1OC. The number of benzene rings is 2. The molecule has 0 saturated carbocycles. The van der Waals surface area contributed by atoms with Crippen molar-refractivity contribution in [2.24, 2.45) is 0 Å². The summed E-state index contributed by atoms with van der Waals surface area (Å²) < 4.78 is 11.4. The minimum absolute atomic E-state index is 0.0843. The van der Waals surface area contributed by atoms with Gasteiger partial charge in [0.15, 0.2) is 0 Å². The van der Waals surface area contributed by atoms with Crippen LogP contribution >= 0.6 is 0 Å². The van der Waals surface area contributed by atoms with Crippen LogP contribution in [0, 0.1) is 13.8 Å². The molecule has 0 aliphatic heterocycles. The summed E-state index contributed by atoms with van der Waals surface area (Å²) in [5, 5.41) is 3.29. The van der Waals surface area contributed by atoms with Crippen molar-refractivity contribution in [1.29, 1.82) is 0 Å². The zero-order chi connectivity index (χ0) is 15.2. The van der Waals surface area contributed by atoms with Crippen LogP contribution in [0.15, 0.2) is 42.5 Å². The maximum absolute atomic E-state index is 6.01. The van der Waals surface area contributed by atoms with E-state index in [2.05, 4.69) is 43.4 Å². The van der Waals surface area contributed by atoms with E-state index < -0.39 is 0 Å². The van der Waals surface area contributed by atoms with E-state index in [9.17, 15) is 0 Å². The predicted molar refractivity (Wildman–Crippen MR) is 86.2 cm³/mol. The van der Waals surface area contributed by atoms with Crippen LogP contribution in [0.5, 0.6) is 11.5 Å². The highest BCUT2D eigenvalue weighted by molar-refractivity contribution is 5.38. The van der Waals surface area contributed by atoms with Gasteiger partial charge in [0.25, 0.3) is 0 Å². The molecule has 1 atom stereocenters. The van der Waals surface area contributed by atoms with Gasteiger partial charge >= 0.3 is 0 Å². The molecular formula is C18H23NO2. The minimum atomic E-state index is 0.0843. The fourth-order valence-corrected chi connectivity index (χ4v) is 2.32. The summed E-state index contributed by atoms with van der Waals surface area (Å²) in [5.74, 6) is 1.81. The van der Waals surface area contributed by atoms with Crippen molar-refractivity contribution >= 4 is 0 Å². The molecule has 0 amide bonds. The van der Waals surface area contributed by atoms with Gasteiger partial charge in [0, 0.05) is 5.56 Å². The zero-order valence-electron chi connectivity index (χ0n) is 13.1. The van der Waals surface area contributed by atoms with Gasteiger partial charge in [0.1, 0.15) is 18.1 Å². The Morgan fingerprint density at radius 1 is 1.05 bits per heavy atom. The van der Waals surface area contributed by atoms with Gasteiger partial charge < -0.3 is 14.8 Å². The Hall–Kier alpha value is -2.00. The zero-order valence-corrected chi connectivity index (χ0v) is 13.1. The van der Waals surface area contributed by atoms with Gasteiger partial charge in [-0.15, -0.1) is 0 Å². The Balaban J connectivity index is 2.14. The molecule has 1 unspecified atom stereocenters. The van der Waals surface area contributed by atoms with Crippen molar-refractivity contribution in [2.45, 2.75) is 19.9 Å². The summed E-state index contributed by atoms with van der Waals surface area (Å²) in [7, 11) is 3.63. The number of rotatable bonds is 6. The summed E-state index contributed by atoms with van der Waals surface area (Å²) >= 11 is 0. The normalized spacial score (nSPS) is 12.0. The molecule has 2 aromatic carbocycles. The van der Waals surface area contributed by atoms with Crippen LogP contribution in [0.25, 0.3) is 0 Å². The van der Waals surface area contributed by atoms with Crippen molar-refractivity contribution in [3.8, 4) is 11.5 Å². The lowest BCUT2D eigenvalue weighted by Gasteiger charge is -2.20. The topological polar surface area (TPSA) is 30.5 Å². The van der Waals surface area contributed by atoms with Crippen molar-refractivity contribution in [2.75, 3.05) is 20.8 Å². The van der Waals surface area contributed by atoms with Gasteiger partial charge in [-0.3, -0.25) is 0 Å². The van der Waals surface area contributed by atoms with E-state index in [1.807, 2.05) is 25.2 Å². The van der Waals surface area contributed by atoms with Crippen molar-refractivity contribution in [3.05, 3.63) is 59.2 Å². The fourth-order valence-electron chi connectivity index (χ4n) is 2.32. The quantitative estimate of drug-likeness (QED) is 0.878. The Morgan fingerprint density at radius 3 is 2.52 bits per heavy atom. The smallest absolute Gasteiger partial charge is 0.123 e. The Morgan fingerprint density at radius 2 is 1.81 bits per heavy atom. The highest BCUT2D eigenvalue weighted by atomic mass is 16.5. The van der Waals surface area contributed by atoms with E-state index in [4.69, 9.17) is 9.47 Å². The number of nitrogens with one attached hydrogen (secondary N) is 1. The van der Waals surface area contributed by atoms with Gasteiger partial charge in [-0.1, -0.05) is 30.3 Å². The summed E-state index contributed by atoms with van der Waals surface area (Å²) in [4.78, 5) is 0. The lowest BCUT2D eigenvalue weighted by atomic mass is 10.1. The first-order valence-corrected chi connectivity index (χ1v) is 7.16.